The van der Waals surface area contributed by atoms with E-state index in [4.69, 9.17) is 0 Å². The van der Waals surface area contributed by atoms with E-state index >= 15 is 0 Å². The lowest BCUT2D eigenvalue weighted by Gasteiger charge is -2.12. The van der Waals surface area contributed by atoms with Crippen molar-refractivity contribution in [1.29, 1.82) is 0 Å². The Morgan fingerprint density at radius 3 is 2.52 bits per heavy atom. The molecule has 0 saturated heterocycles. The highest BCUT2D eigenvalue weighted by Gasteiger charge is 2.40. The van der Waals surface area contributed by atoms with Gasteiger partial charge in [0.1, 0.15) is 5.69 Å². The van der Waals surface area contributed by atoms with Gasteiger partial charge in [0, 0.05) is 17.8 Å². The van der Waals surface area contributed by atoms with E-state index in [1.54, 1.807) is 18.3 Å². The Morgan fingerprint density at radius 1 is 1.04 bits per heavy atom. The molecular weight excluding hydrogens is 316 g/mol. The van der Waals surface area contributed by atoms with E-state index in [-0.39, 0.29) is 11.5 Å². The predicted octanol–water partition coefficient (Wildman–Crippen LogP) is 3.25. The van der Waals surface area contributed by atoms with Crippen molar-refractivity contribution in [3.63, 3.8) is 0 Å². The van der Waals surface area contributed by atoms with Gasteiger partial charge in [-0.2, -0.15) is 27.5 Å². The Bertz CT molecular complexity index is 882. The van der Waals surface area contributed by atoms with Crippen LogP contribution in [0.5, 0.6) is 5.88 Å². The second-order valence-electron chi connectivity index (χ2n) is 4.48. The fourth-order valence-corrected chi connectivity index (χ4v) is 2.00. The molecule has 3 aromatic heterocycles. The number of hydrogen-bond acceptors (Lipinski definition) is 5. The number of hydrogen-bond donors (Lipinski definition) is 0. The van der Waals surface area contributed by atoms with Gasteiger partial charge >= 0.3 is 6.18 Å². The maximum atomic E-state index is 13.8. The molecule has 9 heteroatoms. The maximum Gasteiger partial charge on any atom is 0.426 e. The van der Waals surface area contributed by atoms with Gasteiger partial charge in [0.15, 0.2) is 11.4 Å². The molecule has 0 aliphatic rings. The van der Waals surface area contributed by atoms with Gasteiger partial charge in [0.05, 0.1) is 12.6 Å². The molecule has 118 valence electrons. The zero-order valence-electron chi connectivity index (χ0n) is 11.6. The summed E-state index contributed by atoms with van der Waals surface area (Å²) in [5.41, 5.74) is -0.997. The molecule has 0 radical (unpaired) electrons. The van der Waals surface area contributed by atoms with Crippen molar-refractivity contribution >= 4 is 10.9 Å². The highest BCUT2D eigenvalue weighted by molar-refractivity contribution is 5.79. The number of aromatic nitrogens is 4. The zero-order chi connectivity index (χ0) is 16.6. The Kier molecular flexibility index (Phi) is 3.55. The third-order valence-electron chi connectivity index (χ3n) is 3.03. The van der Waals surface area contributed by atoms with Gasteiger partial charge in [-0.15, -0.1) is 0 Å². The average molecular weight is 324 g/mol. The Morgan fingerprint density at radius 2 is 1.83 bits per heavy atom. The molecule has 3 rings (SSSR count). The number of rotatable bonds is 2. The summed E-state index contributed by atoms with van der Waals surface area (Å²) in [4.78, 5) is 15.0. The summed E-state index contributed by atoms with van der Waals surface area (Å²) in [5.74, 6) is -2.90. The second kappa shape index (κ2) is 5.41. The van der Waals surface area contributed by atoms with Crippen molar-refractivity contribution in [3.05, 3.63) is 42.1 Å². The van der Waals surface area contributed by atoms with Crippen LogP contribution < -0.4 is 4.74 Å². The minimum atomic E-state index is -4.96. The second-order valence-corrected chi connectivity index (χ2v) is 4.48. The minimum Gasteiger partial charge on any atom is -0.480 e. The van der Waals surface area contributed by atoms with E-state index in [0.29, 0.717) is 5.52 Å². The van der Waals surface area contributed by atoms with Crippen molar-refractivity contribution in [2.75, 3.05) is 7.11 Å². The molecule has 23 heavy (non-hydrogen) atoms. The Hall–Kier alpha value is -2.84. The summed E-state index contributed by atoms with van der Waals surface area (Å²) in [6.07, 6.45) is -1.88. The summed E-state index contributed by atoms with van der Waals surface area (Å²) in [6, 6.07) is 4.71. The van der Waals surface area contributed by atoms with Crippen molar-refractivity contribution in [1.82, 2.24) is 19.9 Å². The highest BCUT2D eigenvalue weighted by Crippen LogP contribution is 2.37. The number of methoxy groups -OCH3 is 1. The van der Waals surface area contributed by atoms with Crippen LogP contribution in [0.4, 0.5) is 17.6 Å². The quantitative estimate of drug-likeness (QED) is 0.535. The number of alkyl halides is 3. The van der Waals surface area contributed by atoms with E-state index in [1.807, 2.05) is 0 Å². The summed E-state index contributed by atoms with van der Waals surface area (Å²) < 4.78 is 56.8. The van der Waals surface area contributed by atoms with Crippen LogP contribution in [0.15, 0.2) is 30.6 Å². The zero-order valence-corrected chi connectivity index (χ0v) is 11.6. The molecule has 0 saturated carbocycles. The summed E-state index contributed by atoms with van der Waals surface area (Å²) >= 11 is 0. The third-order valence-corrected chi connectivity index (χ3v) is 3.03. The molecule has 0 aliphatic heterocycles. The van der Waals surface area contributed by atoms with Gasteiger partial charge in [-0.3, -0.25) is 4.98 Å². The SMILES string of the molecule is COc1nc(-c2ccc3cnccc3n2)nc(F)c1C(F)(F)F. The van der Waals surface area contributed by atoms with Gasteiger partial charge in [0.25, 0.3) is 0 Å². The number of nitrogens with zero attached hydrogens (tertiary/aromatic N) is 4. The first-order valence-electron chi connectivity index (χ1n) is 6.30. The first-order valence-corrected chi connectivity index (χ1v) is 6.30. The molecule has 0 fully saturated rings. The lowest BCUT2D eigenvalue weighted by atomic mass is 10.2. The molecule has 0 unspecified atom stereocenters. The Balaban J connectivity index is 2.17. The van der Waals surface area contributed by atoms with Crippen molar-refractivity contribution in [3.8, 4) is 17.4 Å². The number of pyridine rings is 2. The molecule has 0 aromatic carbocycles. The molecular formula is C14H8F4N4O. The van der Waals surface area contributed by atoms with Crippen LogP contribution in [-0.4, -0.2) is 27.0 Å². The maximum absolute atomic E-state index is 13.8. The van der Waals surface area contributed by atoms with Crippen LogP contribution in [0.2, 0.25) is 0 Å². The predicted molar refractivity (Wildman–Crippen MR) is 72.1 cm³/mol. The highest BCUT2D eigenvalue weighted by atomic mass is 19.4. The first-order chi connectivity index (χ1) is 10.9. The van der Waals surface area contributed by atoms with E-state index in [0.717, 1.165) is 12.5 Å². The largest absolute Gasteiger partial charge is 0.480 e. The molecule has 3 aromatic rings. The molecule has 0 amide bonds. The fraction of sp³-hybridized carbons (Fsp3) is 0.143. The van der Waals surface area contributed by atoms with E-state index in [1.165, 1.54) is 12.3 Å². The molecule has 3 heterocycles. The minimum absolute atomic E-state index is 0.120. The van der Waals surface area contributed by atoms with Gasteiger partial charge in [-0.05, 0) is 18.2 Å². The fourth-order valence-electron chi connectivity index (χ4n) is 2.00. The van der Waals surface area contributed by atoms with E-state index in [9.17, 15) is 17.6 Å². The van der Waals surface area contributed by atoms with Crippen LogP contribution in [0.25, 0.3) is 22.4 Å². The summed E-state index contributed by atoms with van der Waals surface area (Å²) in [6.45, 7) is 0. The van der Waals surface area contributed by atoms with Crippen LogP contribution in [0.1, 0.15) is 5.56 Å². The van der Waals surface area contributed by atoms with Crippen LogP contribution in [0.3, 0.4) is 0 Å². The van der Waals surface area contributed by atoms with Gasteiger partial charge in [0.2, 0.25) is 11.8 Å². The topological polar surface area (TPSA) is 60.8 Å². The monoisotopic (exact) mass is 324 g/mol. The normalized spacial score (nSPS) is 11.7. The lowest BCUT2D eigenvalue weighted by Crippen LogP contribution is -2.14. The summed E-state index contributed by atoms with van der Waals surface area (Å²) in [5, 5.41) is 0.718. The van der Waals surface area contributed by atoms with E-state index < -0.39 is 23.6 Å². The summed E-state index contributed by atoms with van der Waals surface area (Å²) in [7, 11) is 0.973. The molecule has 0 atom stereocenters. The van der Waals surface area contributed by atoms with Crippen molar-refractivity contribution in [2.24, 2.45) is 0 Å². The smallest absolute Gasteiger partial charge is 0.426 e. The van der Waals surface area contributed by atoms with E-state index in [2.05, 4.69) is 24.7 Å². The van der Waals surface area contributed by atoms with Crippen LogP contribution in [-0.2, 0) is 6.18 Å². The lowest BCUT2D eigenvalue weighted by molar-refractivity contribution is -0.142. The Labute approximate surface area is 127 Å². The molecule has 5 nitrogen and oxygen atoms in total. The van der Waals surface area contributed by atoms with Crippen LogP contribution >= 0.6 is 0 Å². The van der Waals surface area contributed by atoms with Gasteiger partial charge in [-0.25, -0.2) is 4.98 Å². The molecule has 0 spiro atoms. The average Bonchev–Trinajstić information content (AvgIpc) is 2.52. The molecule has 0 N–H and O–H groups in total. The van der Waals surface area contributed by atoms with Crippen molar-refractivity contribution in [2.45, 2.75) is 6.18 Å². The standard InChI is InChI=1S/C14H8F4N4O/c1-23-13-10(14(16,17)18)11(15)21-12(22-13)9-3-2-7-6-19-5-4-8(7)20-9/h2-6H,1H3. The number of ether oxygens (including phenoxy) is 1. The van der Waals surface area contributed by atoms with Crippen LogP contribution in [0, 0.1) is 5.95 Å². The van der Waals surface area contributed by atoms with Gasteiger partial charge < -0.3 is 4.74 Å². The first kappa shape index (κ1) is 15.1. The molecule has 0 aliphatic carbocycles. The molecule has 0 bridgehead atoms. The number of fused-ring (bicyclic) bond motifs is 1. The number of halogens is 4. The third kappa shape index (κ3) is 2.77. The van der Waals surface area contributed by atoms with Gasteiger partial charge in [-0.1, -0.05) is 0 Å². The van der Waals surface area contributed by atoms with Crippen molar-refractivity contribution < 1.29 is 22.3 Å².